The molecular weight excluding hydrogens is 222 g/mol. The van der Waals surface area contributed by atoms with Crippen molar-refractivity contribution >= 4 is 0 Å². The number of ether oxygens (including phenoxy) is 1. The first-order chi connectivity index (χ1) is 8.74. The minimum atomic E-state index is 0.827. The van der Waals surface area contributed by atoms with E-state index in [1.807, 2.05) is 0 Å². The predicted octanol–water partition coefficient (Wildman–Crippen LogP) is 3.50. The van der Waals surface area contributed by atoms with Gasteiger partial charge in [-0.25, -0.2) is 0 Å². The molecule has 2 rings (SSSR count). The lowest BCUT2D eigenvalue weighted by Gasteiger charge is -2.30. The van der Waals surface area contributed by atoms with Crippen LogP contribution in [0.1, 0.15) is 31.7 Å². The summed E-state index contributed by atoms with van der Waals surface area (Å²) in [6.07, 6.45) is 3.89. The summed E-state index contributed by atoms with van der Waals surface area (Å²) < 4.78 is 5.75. The Kier molecular flexibility index (Phi) is 5.06. The van der Waals surface area contributed by atoms with Gasteiger partial charge in [0.1, 0.15) is 5.75 Å². The maximum Gasteiger partial charge on any atom is 0.119 e. The van der Waals surface area contributed by atoms with Gasteiger partial charge in [-0.05, 0) is 50.8 Å². The van der Waals surface area contributed by atoms with Crippen LogP contribution < -0.4 is 4.74 Å². The molecule has 0 aliphatic carbocycles. The van der Waals surface area contributed by atoms with Crippen molar-refractivity contribution in [2.24, 2.45) is 5.92 Å². The Labute approximate surface area is 111 Å². The van der Waals surface area contributed by atoms with E-state index in [-0.39, 0.29) is 0 Å². The number of hydrogen-bond donors (Lipinski definition) is 0. The van der Waals surface area contributed by atoms with Crippen molar-refractivity contribution in [3.8, 4) is 5.75 Å². The SMILES string of the molecule is Cc1ccc(OCCCN2CCC[C@H](C)C2)cc1. The van der Waals surface area contributed by atoms with Crippen molar-refractivity contribution in [3.63, 3.8) is 0 Å². The van der Waals surface area contributed by atoms with Crippen LogP contribution in [-0.2, 0) is 0 Å². The summed E-state index contributed by atoms with van der Waals surface area (Å²) in [5, 5.41) is 0. The van der Waals surface area contributed by atoms with Crippen LogP contribution in [0, 0.1) is 12.8 Å². The average Bonchev–Trinajstić information content (AvgIpc) is 2.37. The van der Waals surface area contributed by atoms with Crippen LogP contribution in [0.2, 0.25) is 0 Å². The van der Waals surface area contributed by atoms with Crippen LogP contribution in [0.15, 0.2) is 24.3 Å². The zero-order valence-electron chi connectivity index (χ0n) is 11.7. The summed E-state index contributed by atoms with van der Waals surface area (Å²) in [6, 6.07) is 8.31. The Morgan fingerprint density at radius 1 is 1.28 bits per heavy atom. The van der Waals surface area contributed by atoms with Crippen LogP contribution in [0.3, 0.4) is 0 Å². The average molecular weight is 247 g/mol. The van der Waals surface area contributed by atoms with Crippen LogP contribution in [0.25, 0.3) is 0 Å². The Morgan fingerprint density at radius 2 is 2.06 bits per heavy atom. The first kappa shape index (κ1) is 13.4. The Balaban J connectivity index is 1.62. The third-order valence-electron chi connectivity index (χ3n) is 3.65. The third-order valence-corrected chi connectivity index (χ3v) is 3.65. The largest absolute Gasteiger partial charge is 0.494 e. The third kappa shape index (κ3) is 4.34. The molecule has 1 aliphatic rings. The number of hydrogen-bond acceptors (Lipinski definition) is 2. The second-order valence-electron chi connectivity index (χ2n) is 5.56. The molecule has 2 heteroatoms. The second kappa shape index (κ2) is 6.79. The Hall–Kier alpha value is -1.02. The van der Waals surface area contributed by atoms with Crippen molar-refractivity contribution in [2.75, 3.05) is 26.2 Å². The molecule has 0 radical (unpaired) electrons. The second-order valence-corrected chi connectivity index (χ2v) is 5.56. The monoisotopic (exact) mass is 247 g/mol. The van der Waals surface area contributed by atoms with Gasteiger partial charge in [0, 0.05) is 13.1 Å². The molecule has 0 bridgehead atoms. The van der Waals surface area contributed by atoms with Crippen LogP contribution >= 0.6 is 0 Å². The number of aryl methyl sites for hydroxylation is 1. The zero-order chi connectivity index (χ0) is 12.8. The van der Waals surface area contributed by atoms with Crippen LogP contribution in [-0.4, -0.2) is 31.1 Å². The molecular formula is C16H25NO. The molecule has 0 N–H and O–H groups in total. The molecule has 0 aromatic heterocycles. The normalized spacial score (nSPS) is 20.9. The maximum absolute atomic E-state index is 5.75. The topological polar surface area (TPSA) is 12.5 Å². The smallest absolute Gasteiger partial charge is 0.119 e. The van der Waals surface area contributed by atoms with Crippen molar-refractivity contribution in [1.29, 1.82) is 0 Å². The molecule has 0 unspecified atom stereocenters. The molecule has 1 saturated heterocycles. The maximum atomic E-state index is 5.75. The van der Waals surface area contributed by atoms with Crippen LogP contribution in [0.4, 0.5) is 0 Å². The fraction of sp³-hybridized carbons (Fsp3) is 0.625. The van der Waals surface area contributed by atoms with E-state index < -0.39 is 0 Å². The van der Waals surface area contributed by atoms with Gasteiger partial charge in [-0.1, -0.05) is 24.6 Å². The molecule has 1 aromatic rings. The number of benzene rings is 1. The van der Waals surface area contributed by atoms with E-state index in [2.05, 4.69) is 43.0 Å². The van der Waals surface area contributed by atoms with Gasteiger partial charge in [0.15, 0.2) is 0 Å². The van der Waals surface area contributed by atoms with Crippen molar-refractivity contribution in [3.05, 3.63) is 29.8 Å². The molecule has 1 fully saturated rings. The van der Waals surface area contributed by atoms with E-state index >= 15 is 0 Å². The minimum Gasteiger partial charge on any atom is -0.494 e. The van der Waals surface area contributed by atoms with Gasteiger partial charge in [0.05, 0.1) is 6.61 Å². The molecule has 1 aliphatic heterocycles. The quantitative estimate of drug-likeness (QED) is 0.738. The minimum absolute atomic E-state index is 0.827. The zero-order valence-corrected chi connectivity index (χ0v) is 11.7. The highest BCUT2D eigenvalue weighted by atomic mass is 16.5. The number of rotatable bonds is 5. The summed E-state index contributed by atoms with van der Waals surface area (Å²) in [5.74, 6) is 1.87. The lowest BCUT2D eigenvalue weighted by atomic mass is 10.0. The summed E-state index contributed by atoms with van der Waals surface area (Å²) in [6.45, 7) is 9.00. The fourth-order valence-corrected chi connectivity index (χ4v) is 2.60. The lowest BCUT2D eigenvalue weighted by molar-refractivity contribution is 0.170. The number of nitrogens with zero attached hydrogens (tertiary/aromatic N) is 1. The van der Waals surface area contributed by atoms with Crippen molar-refractivity contribution < 1.29 is 4.74 Å². The van der Waals surface area contributed by atoms with Gasteiger partial charge in [0.25, 0.3) is 0 Å². The molecule has 2 nitrogen and oxygen atoms in total. The van der Waals surface area contributed by atoms with E-state index in [0.717, 1.165) is 24.7 Å². The highest BCUT2D eigenvalue weighted by molar-refractivity contribution is 5.26. The standard InChI is InChI=1S/C16H25NO/c1-14-6-8-16(9-7-14)18-12-4-11-17-10-3-5-15(2)13-17/h6-9,15H,3-5,10-13H2,1-2H3/t15-/m0/s1. The first-order valence-electron chi connectivity index (χ1n) is 7.16. The van der Waals surface area contributed by atoms with Crippen molar-refractivity contribution in [1.82, 2.24) is 4.90 Å². The van der Waals surface area contributed by atoms with E-state index in [0.29, 0.717) is 0 Å². The molecule has 0 saturated carbocycles. The number of piperidine rings is 1. The van der Waals surface area contributed by atoms with E-state index in [1.54, 1.807) is 0 Å². The van der Waals surface area contributed by atoms with Crippen LogP contribution in [0.5, 0.6) is 5.75 Å². The van der Waals surface area contributed by atoms with Gasteiger partial charge < -0.3 is 9.64 Å². The lowest BCUT2D eigenvalue weighted by Crippen LogP contribution is -2.35. The number of likely N-dealkylation sites (tertiary alicyclic amines) is 1. The summed E-state index contributed by atoms with van der Waals surface area (Å²) in [4.78, 5) is 2.58. The van der Waals surface area contributed by atoms with Gasteiger partial charge in [0.2, 0.25) is 0 Å². The highest BCUT2D eigenvalue weighted by Gasteiger charge is 2.15. The van der Waals surface area contributed by atoms with E-state index in [4.69, 9.17) is 4.74 Å². The molecule has 1 heterocycles. The van der Waals surface area contributed by atoms with Gasteiger partial charge in [-0.2, -0.15) is 0 Å². The molecule has 1 aromatic carbocycles. The molecule has 100 valence electrons. The Morgan fingerprint density at radius 3 is 2.78 bits per heavy atom. The van der Waals surface area contributed by atoms with Gasteiger partial charge in [-0.15, -0.1) is 0 Å². The predicted molar refractivity (Wildman–Crippen MR) is 76.1 cm³/mol. The summed E-state index contributed by atoms with van der Waals surface area (Å²) in [7, 11) is 0. The van der Waals surface area contributed by atoms with E-state index in [1.165, 1.54) is 38.0 Å². The fourth-order valence-electron chi connectivity index (χ4n) is 2.60. The molecule has 0 spiro atoms. The van der Waals surface area contributed by atoms with Crippen molar-refractivity contribution in [2.45, 2.75) is 33.1 Å². The summed E-state index contributed by atoms with van der Waals surface area (Å²) >= 11 is 0. The van der Waals surface area contributed by atoms with Gasteiger partial charge >= 0.3 is 0 Å². The van der Waals surface area contributed by atoms with E-state index in [9.17, 15) is 0 Å². The first-order valence-corrected chi connectivity index (χ1v) is 7.16. The van der Waals surface area contributed by atoms with Gasteiger partial charge in [-0.3, -0.25) is 0 Å². The Bertz CT molecular complexity index is 347. The summed E-state index contributed by atoms with van der Waals surface area (Å²) in [5.41, 5.74) is 1.28. The molecule has 0 amide bonds. The molecule has 1 atom stereocenters. The highest BCUT2D eigenvalue weighted by Crippen LogP contribution is 2.16. The molecule has 18 heavy (non-hydrogen) atoms.